The zero-order chi connectivity index (χ0) is 19.0. The van der Waals surface area contributed by atoms with Gasteiger partial charge in [-0.2, -0.15) is 0 Å². The molecule has 0 aliphatic rings. The third-order valence-corrected chi connectivity index (χ3v) is 5.40. The van der Waals surface area contributed by atoms with Crippen molar-refractivity contribution in [1.82, 2.24) is 14.5 Å². The number of halogens is 1. The molecule has 0 amide bonds. The van der Waals surface area contributed by atoms with Gasteiger partial charge in [-0.15, -0.1) is 0 Å². The molecule has 0 atom stereocenters. The number of Topliss-reactive ketones (excluding diaryl/α,β-unsaturated/α-hetero) is 1. The summed E-state index contributed by atoms with van der Waals surface area (Å²) < 4.78 is 15.2. The van der Waals surface area contributed by atoms with Crippen LogP contribution in [0, 0.1) is 19.7 Å². The Morgan fingerprint density at radius 2 is 1.89 bits per heavy atom. The van der Waals surface area contributed by atoms with Gasteiger partial charge in [0.25, 0.3) is 0 Å². The number of imidazole rings is 1. The van der Waals surface area contributed by atoms with Gasteiger partial charge in [0.05, 0.1) is 16.8 Å². The predicted octanol–water partition coefficient (Wildman–Crippen LogP) is 5.08. The molecule has 4 aromatic rings. The Labute approximate surface area is 160 Å². The van der Waals surface area contributed by atoms with E-state index in [9.17, 15) is 9.18 Å². The number of aromatic nitrogens is 3. The van der Waals surface area contributed by atoms with E-state index in [0.717, 1.165) is 33.3 Å². The molecule has 4 nitrogen and oxygen atoms in total. The topological polar surface area (TPSA) is 50.7 Å². The molecule has 0 unspecified atom stereocenters. The molecule has 1 N–H and O–H groups in total. The van der Waals surface area contributed by atoms with Crippen molar-refractivity contribution in [2.24, 2.45) is 0 Å². The lowest BCUT2D eigenvalue weighted by Crippen LogP contribution is -2.05. The van der Waals surface area contributed by atoms with Gasteiger partial charge in [0.2, 0.25) is 0 Å². The Bertz CT molecular complexity index is 1100. The first-order valence-electron chi connectivity index (χ1n) is 8.58. The number of thioether (sulfide) groups is 1. The first-order valence-corrected chi connectivity index (χ1v) is 9.57. The summed E-state index contributed by atoms with van der Waals surface area (Å²) in [5.41, 5.74) is 5.17. The van der Waals surface area contributed by atoms with Crippen LogP contribution in [-0.4, -0.2) is 26.1 Å². The number of para-hydroxylation sites is 2. The van der Waals surface area contributed by atoms with Crippen molar-refractivity contribution < 1.29 is 9.18 Å². The SMILES string of the molecule is Cc1cc(C(=O)CSc2nc3ccccc3[nH]2)c(C)n1-c1ccc(F)cc1. The fourth-order valence-electron chi connectivity index (χ4n) is 3.24. The fraction of sp³-hybridized carbons (Fsp3) is 0.143. The van der Waals surface area contributed by atoms with E-state index >= 15 is 0 Å². The maximum Gasteiger partial charge on any atom is 0.175 e. The number of nitrogens with zero attached hydrogens (tertiary/aromatic N) is 2. The number of fused-ring (bicyclic) bond motifs is 1. The van der Waals surface area contributed by atoms with Crippen LogP contribution in [0.3, 0.4) is 0 Å². The number of H-pyrrole nitrogens is 1. The highest BCUT2D eigenvalue weighted by molar-refractivity contribution is 7.99. The van der Waals surface area contributed by atoms with Crippen LogP contribution in [0.25, 0.3) is 16.7 Å². The minimum Gasteiger partial charge on any atom is -0.333 e. The maximum absolute atomic E-state index is 13.2. The minimum absolute atomic E-state index is 0.0434. The summed E-state index contributed by atoms with van der Waals surface area (Å²) in [5, 5.41) is 0.733. The second-order valence-electron chi connectivity index (χ2n) is 6.37. The smallest absolute Gasteiger partial charge is 0.175 e. The first-order chi connectivity index (χ1) is 13.0. The van der Waals surface area contributed by atoms with E-state index in [4.69, 9.17) is 0 Å². The normalized spacial score (nSPS) is 11.2. The van der Waals surface area contributed by atoms with Crippen molar-refractivity contribution >= 4 is 28.6 Å². The van der Waals surface area contributed by atoms with Crippen LogP contribution >= 0.6 is 11.8 Å². The van der Waals surface area contributed by atoms with E-state index in [1.54, 1.807) is 12.1 Å². The number of carbonyl (C=O) groups excluding carboxylic acids is 1. The van der Waals surface area contributed by atoms with Gasteiger partial charge >= 0.3 is 0 Å². The third-order valence-electron chi connectivity index (χ3n) is 4.52. The molecule has 2 aromatic carbocycles. The van der Waals surface area contributed by atoms with Crippen LogP contribution in [0.4, 0.5) is 4.39 Å². The van der Waals surface area contributed by atoms with Crippen molar-refractivity contribution in [3.05, 3.63) is 77.4 Å². The van der Waals surface area contributed by atoms with Gasteiger partial charge in [-0.1, -0.05) is 23.9 Å². The van der Waals surface area contributed by atoms with Gasteiger partial charge in [-0.25, -0.2) is 9.37 Å². The lowest BCUT2D eigenvalue weighted by atomic mass is 10.2. The van der Waals surface area contributed by atoms with E-state index in [0.29, 0.717) is 11.3 Å². The zero-order valence-electron chi connectivity index (χ0n) is 15.0. The number of nitrogens with one attached hydrogen (secondary N) is 1. The summed E-state index contributed by atoms with van der Waals surface area (Å²) in [7, 11) is 0. The molecule has 0 bridgehead atoms. The highest BCUT2D eigenvalue weighted by atomic mass is 32.2. The van der Waals surface area contributed by atoms with E-state index in [1.807, 2.05) is 48.7 Å². The summed E-state index contributed by atoms with van der Waals surface area (Å²) >= 11 is 1.40. The van der Waals surface area contributed by atoms with Crippen molar-refractivity contribution in [2.45, 2.75) is 19.0 Å². The molecule has 0 aliphatic heterocycles. The van der Waals surface area contributed by atoms with Crippen molar-refractivity contribution in [3.63, 3.8) is 0 Å². The van der Waals surface area contributed by atoms with Gasteiger partial charge in [-0.05, 0) is 56.3 Å². The van der Waals surface area contributed by atoms with Crippen molar-refractivity contribution in [3.8, 4) is 5.69 Å². The van der Waals surface area contributed by atoms with Crippen LogP contribution < -0.4 is 0 Å². The number of rotatable bonds is 5. The molecule has 2 heterocycles. The van der Waals surface area contributed by atoms with Crippen molar-refractivity contribution in [1.29, 1.82) is 0 Å². The molecular weight excluding hydrogens is 361 g/mol. The van der Waals surface area contributed by atoms with Gasteiger partial charge in [-0.3, -0.25) is 4.79 Å². The molecule has 0 saturated carbocycles. The summed E-state index contributed by atoms with van der Waals surface area (Å²) in [4.78, 5) is 20.5. The lowest BCUT2D eigenvalue weighted by Gasteiger charge is -2.09. The van der Waals surface area contributed by atoms with E-state index in [2.05, 4.69) is 9.97 Å². The van der Waals surface area contributed by atoms with Crippen LogP contribution in [-0.2, 0) is 0 Å². The summed E-state index contributed by atoms with van der Waals surface area (Å²) in [6.45, 7) is 3.86. The molecule has 0 spiro atoms. The quantitative estimate of drug-likeness (QED) is 0.388. The fourth-order valence-corrected chi connectivity index (χ4v) is 4.01. The van der Waals surface area contributed by atoms with Crippen molar-refractivity contribution in [2.75, 3.05) is 5.75 Å². The number of ketones is 1. The van der Waals surface area contributed by atoms with Gasteiger partial charge in [0.15, 0.2) is 10.9 Å². The molecule has 0 saturated heterocycles. The zero-order valence-corrected chi connectivity index (χ0v) is 15.8. The number of aromatic amines is 1. The highest BCUT2D eigenvalue weighted by Gasteiger charge is 2.17. The molecule has 0 aliphatic carbocycles. The van der Waals surface area contributed by atoms with Crippen LogP contribution in [0.15, 0.2) is 59.8 Å². The predicted molar refractivity (Wildman–Crippen MR) is 106 cm³/mol. The molecule has 136 valence electrons. The second-order valence-corrected chi connectivity index (χ2v) is 7.33. The van der Waals surface area contributed by atoms with Crippen LogP contribution in [0.5, 0.6) is 0 Å². The maximum atomic E-state index is 13.2. The molecule has 27 heavy (non-hydrogen) atoms. The largest absolute Gasteiger partial charge is 0.333 e. The summed E-state index contributed by atoms with van der Waals surface area (Å²) in [6.07, 6.45) is 0. The number of carbonyl (C=O) groups is 1. The van der Waals surface area contributed by atoms with E-state index in [-0.39, 0.29) is 11.6 Å². The van der Waals surface area contributed by atoms with Crippen LogP contribution in [0.2, 0.25) is 0 Å². The average Bonchev–Trinajstić information content (AvgIpc) is 3.21. The summed E-state index contributed by atoms with van der Waals surface area (Å²) in [6, 6.07) is 16.0. The Morgan fingerprint density at radius 1 is 1.15 bits per heavy atom. The first kappa shape index (κ1) is 17.5. The molecule has 2 aromatic heterocycles. The molecule has 6 heteroatoms. The Morgan fingerprint density at radius 3 is 2.63 bits per heavy atom. The third kappa shape index (κ3) is 3.40. The minimum atomic E-state index is -0.278. The van der Waals surface area contributed by atoms with Gasteiger partial charge in [0, 0.05) is 22.6 Å². The van der Waals surface area contributed by atoms with E-state index < -0.39 is 0 Å². The van der Waals surface area contributed by atoms with Crippen LogP contribution in [0.1, 0.15) is 21.7 Å². The average molecular weight is 379 g/mol. The lowest BCUT2D eigenvalue weighted by molar-refractivity contribution is 0.102. The highest BCUT2D eigenvalue weighted by Crippen LogP contribution is 2.24. The number of hydrogen-bond acceptors (Lipinski definition) is 3. The Balaban J connectivity index is 1.55. The molecular formula is C21H18FN3OS. The number of aryl methyl sites for hydroxylation is 1. The molecule has 0 fully saturated rings. The Kier molecular flexibility index (Phi) is 4.58. The number of benzene rings is 2. The molecule has 4 rings (SSSR count). The van der Waals surface area contributed by atoms with Gasteiger partial charge in [0.1, 0.15) is 5.82 Å². The summed E-state index contributed by atoms with van der Waals surface area (Å²) in [5.74, 6) is 0.0646. The Hall–Kier alpha value is -2.86. The van der Waals surface area contributed by atoms with E-state index in [1.165, 1.54) is 23.9 Å². The molecule has 0 radical (unpaired) electrons. The second kappa shape index (κ2) is 7.04. The number of hydrogen-bond donors (Lipinski definition) is 1. The standard InChI is InChI=1S/C21H18FN3OS/c1-13-11-17(14(2)25(13)16-9-7-15(22)8-10-16)20(26)12-27-21-23-18-5-3-4-6-19(18)24-21/h3-11H,12H2,1-2H3,(H,23,24). The monoisotopic (exact) mass is 379 g/mol. The van der Waals surface area contributed by atoms with Gasteiger partial charge < -0.3 is 9.55 Å².